The molecule has 0 heterocycles. The van der Waals surface area contributed by atoms with Crippen LogP contribution in [0, 0.1) is 18.3 Å². The van der Waals surface area contributed by atoms with E-state index in [-0.39, 0.29) is 12.5 Å². The van der Waals surface area contributed by atoms with Crippen molar-refractivity contribution < 1.29 is 5.11 Å². The molecule has 58 valence electrons. The van der Waals surface area contributed by atoms with Gasteiger partial charge in [0.05, 0.1) is 6.54 Å². The maximum absolute atomic E-state index is 8.71. The summed E-state index contributed by atoms with van der Waals surface area (Å²) in [7, 11) is 0. The Bertz CT molecular complexity index is 117. The molecule has 2 N–H and O–H groups in total. The summed E-state index contributed by atoms with van der Waals surface area (Å²) < 4.78 is 0. The van der Waals surface area contributed by atoms with Crippen LogP contribution in [-0.4, -0.2) is 24.3 Å². The summed E-state index contributed by atoms with van der Waals surface area (Å²) in [6.45, 7) is 4.77. The summed E-state index contributed by atoms with van der Waals surface area (Å²) >= 11 is 0. The second-order valence-corrected chi connectivity index (χ2v) is 2.53. The average Bonchev–Trinajstić information content (AvgIpc) is 1.98. The third kappa shape index (κ3) is 3.49. The molecule has 0 fully saturated rings. The standard InChI is InChI=1S/C8H15NO/c1-4-5-9-8(3)7(2)6-10/h1,7-10H,5-6H2,2-3H3. The van der Waals surface area contributed by atoms with E-state index in [1.807, 2.05) is 13.8 Å². The van der Waals surface area contributed by atoms with Crippen LogP contribution < -0.4 is 5.32 Å². The molecule has 0 aromatic carbocycles. The second-order valence-electron chi connectivity index (χ2n) is 2.53. The predicted octanol–water partition coefficient (Wildman–Crippen LogP) is 0.226. The number of terminal acetylenes is 1. The van der Waals surface area contributed by atoms with Crippen LogP contribution in [0.2, 0.25) is 0 Å². The number of rotatable bonds is 4. The smallest absolute Gasteiger partial charge is 0.0575 e. The zero-order valence-corrected chi connectivity index (χ0v) is 6.59. The highest BCUT2D eigenvalue weighted by Gasteiger charge is 2.08. The lowest BCUT2D eigenvalue weighted by Gasteiger charge is -2.17. The van der Waals surface area contributed by atoms with E-state index in [1.165, 1.54) is 0 Å². The molecular weight excluding hydrogens is 126 g/mol. The van der Waals surface area contributed by atoms with Gasteiger partial charge in [0, 0.05) is 12.6 Å². The first kappa shape index (κ1) is 9.48. The zero-order chi connectivity index (χ0) is 7.98. The first-order valence-corrected chi connectivity index (χ1v) is 3.50. The van der Waals surface area contributed by atoms with E-state index in [0.717, 1.165) is 0 Å². The molecule has 10 heavy (non-hydrogen) atoms. The monoisotopic (exact) mass is 141 g/mol. The molecule has 2 nitrogen and oxygen atoms in total. The predicted molar refractivity (Wildman–Crippen MR) is 42.5 cm³/mol. The third-order valence-electron chi connectivity index (χ3n) is 1.67. The quantitative estimate of drug-likeness (QED) is 0.549. The van der Waals surface area contributed by atoms with Gasteiger partial charge in [-0.05, 0) is 12.8 Å². The maximum Gasteiger partial charge on any atom is 0.0575 e. The van der Waals surface area contributed by atoms with Crippen LogP contribution in [0.4, 0.5) is 0 Å². The van der Waals surface area contributed by atoms with E-state index in [1.54, 1.807) is 0 Å². The van der Waals surface area contributed by atoms with Crippen LogP contribution in [0.25, 0.3) is 0 Å². The molecule has 0 bridgehead atoms. The lowest BCUT2D eigenvalue weighted by atomic mass is 10.1. The Labute approximate surface area is 62.6 Å². The van der Waals surface area contributed by atoms with Crippen molar-refractivity contribution in [1.29, 1.82) is 0 Å². The van der Waals surface area contributed by atoms with Crippen molar-refractivity contribution in [2.75, 3.05) is 13.2 Å². The minimum Gasteiger partial charge on any atom is -0.396 e. The summed E-state index contributed by atoms with van der Waals surface area (Å²) in [5, 5.41) is 11.8. The summed E-state index contributed by atoms with van der Waals surface area (Å²) in [5.74, 6) is 2.76. The Balaban J connectivity index is 3.43. The fourth-order valence-electron chi connectivity index (χ4n) is 0.579. The van der Waals surface area contributed by atoms with Crippen molar-refractivity contribution in [3.63, 3.8) is 0 Å². The molecular formula is C8H15NO. The van der Waals surface area contributed by atoms with Crippen molar-refractivity contribution >= 4 is 0 Å². The van der Waals surface area contributed by atoms with Gasteiger partial charge < -0.3 is 10.4 Å². The molecule has 0 saturated carbocycles. The average molecular weight is 141 g/mol. The Hall–Kier alpha value is -0.520. The van der Waals surface area contributed by atoms with Crippen LogP contribution in [-0.2, 0) is 0 Å². The fourth-order valence-corrected chi connectivity index (χ4v) is 0.579. The fraction of sp³-hybridized carbons (Fsp3) is 0.750. The first-order valence-electron chi connectivity index (χ1n) is 3.50. The van der Waals surface area contributed by atoms with Gasteiger partial charge in [-0.2, -0.15) is 0 Å². The topological polar surface area (TPSA) is 32.3 Å². The van der Waals surface area contributed by atoms with E-state index in [9.17, 15) is 0 Å². The van der Waals surface area contributed by atoms with Gasteiger partial charge in [-0.15, -0.1) is 6.42 Å². The lowest BCUT2D eigenvalue weighted by Crippen LogP contribution is -2.33. The highest BCUT2D eigenvalue weighted by molar-refractivity contribution is 4.88. The molecule has 0 aliphatic rings. The largest absolute Gasteiger partial charge is 0.396 e. The number of aliphatic hydroxyl groups is 1. The van der Waals surface area contributed by atoms with E-state index in [4.69, 9.17) is 11.5 Å². The van der Waals surface area contributed by atoms with Gasteiger partial charge in [0.25, 0.3) is 0 Å². The molecule has 2 heteroatoms. The van der Waals surface area contributed by atoms with E-state index >= 15 is 0 Å². The van der Waals surface area contributed by atoms with E-state index in [0.29, 0.717) is 12.6 Å². The third-order valence-corrected chi connectivity index (χ3v) is 1.67. The highest BCUT2D eigenvalue weighted by atomic mass is 16.3. The van der Waals surface area contributed by atoms with Crippen molar-refractivity contribution in [1.82, 2.24) is 5.32 Å². The van der Waals surface area contributed by atoms with Gasteiger partial charge in [0.2, 0.25) is 0 Å². The molecule has 0 aromatic heterocycles. The molecule has 0 radical (unpaired) electrons. The minimum absolute atomic E-state index is 0.207. The summed E-state index contributed by atoms with van der Waals surface area (Å²) in [6, 6.07) is 0.293. The SMILES string of the molecule is C#CCNC(C)C(C)CO. The Morgan fingerprint density at radius 1 is 1.60 bits per heavy atom. The second kappa shape index (κ2) is 5.28. The van der Waals surface area contributed by atoms with Crippen LogP contribution in [0.15, 0.2) is 0 Å². The zero-order valence-electron chi connectivity index (χ0n) is 6.59. The molecule has 0 saturated heterocycles. The van der Waals surface area contributed by atoms with Crippen LogP contribution >= 0.6 is 0 Å². The molecule has 0 aliphatic carbocycles. The summed E-state index contributed by atoms with van der Waals surface area (Å²) in [4.78, 5) is 0. The van der Waals surface area contributed by atoms with Gasteiger partial charge in [0.1, 0.15) is 0 Å². The number of hydrogen-bond donors (Lipinski definition) is 2. The van der Waals surface area contributed by atoms with Gasteiger partial charge in [-0.1, -0.05) is 12.8 Å². The molecule has 2 atom stereocenters. The van der Waals surface area contributed by atoms with Gasteiger partial charge in [-0.3, -0.25) is 0 Å². The van der Waals surface area contributed by atoms with Crippen molar-refractivity contribution in [2.24, 2.45) is 5.92 Å². The first-order chi connectivity index (χ1) is 4.72. The van der Waals surface area contributed by atoms with E-state index in [2.05, 4.69) is 11.2 Å². The minimum atomic E-state index is 0.207. The van der Waals surface area contributed by atoms with Crippen molar-refractivity contribution in [2.45, 2.75) is 19.9 Å². The summed E-state index contributed by atoms with van der Waals surface area (Å²) in [6.07, 6.45) is 5.04. The molecule has 0 aliphatic heterocycles. The van der Waals surface area contributed by atoms with Crippen LogP contribution in [0.1, 0.15) is 13.8 Å². The Kier molecular flexibility index (Phi) is 5.00. The number of hydrogen-bond acceptors (Lipinski definition) is 2. The lowest BCUT2D eigenvalue weighted by molar-refractivity contribution is 0.209. The van der Waals surface area contributed by atoms with Crippen molar-refractivity contribution in [3.05, 3.63) is 0 Å². The molecule has 2 unspecified atom stereocenters. The molecule has 0 spiro atoms. The van der Waals surface area contributed by atoms with Crippen molar-refractivity contribution in [3.8, 4) is 12.3 Å². The van der Waals surface area contributed by atoms with Gasteiger partial charge >= 0.3 is 0 Å². The number of nitrogens with one attached hydrogen (secondary N) is 1. The normalized spacial score (nSPS) is 15.8. The van der Waals surface area contributed by atoms with Crippen LogP contribution in [0.3, 0.4) is 0 Å². The van der Waals surface area contributed by atoms with Gasteiger partial charge in [-0.25, -0.2) is 0 Å². The molecule has 0 aromatic rings. The highest BCUT2D eigenvalue weighted by Crippen LogP contribution is 1.98. The van der Waals surface area contributed by atoms with E-state index < -0.39 is 0 Å². The maximum atomic E-state index is 8.71. The Morgan fingerprint density at radius 3 is 2.60 bits per heavy atom. The molecule has 0 rings (SSSR count). The van der Waals surface area contributed by atoms with Gasteiger partial charge in [0.15, 0.2) is 0 Å². The van der Waals surface area contributed by atoms with Crippen LogP contribution in [0.5, 0.6) is 0 Å². The molecule has 0 amide bonds. The number of aliphatic hydroxyl groups excluding tert-OH is 1. The Morgan fingerprint density at radius 2 is 2.20 bits per heavy atom. The summed E-state index contributed by atoms with van der Waals surface area (Å²) in [5.41, 5.74) is 0.